The summed E-state index contributed by atoms with van der Waals surface area (Å²) >= 11 is 0. The number of benzene rings is 5. The summed E-state index contributed by atoms with van der Waals surface area (Å²) in [6, 6.07) is 51.1. The third-order valence-corrected chi connectivity index (χ3v) is 8.62. The lowest BCUT2D eigenvalue weighted by Crippen LogP contribution is -2.00. The minimum absolute atomic E-state index is 0.957. The average Bonchev–Trinajstić information content (AvgIpc) is 3.62. The van der Waals surface area contributed by atoms with Gasteiger partial charge in [0.1, 0.15) is 0 Å². The van der Waals surface area contributed by atoms with Crippen LogP contribution in [0.3, 0.4) is 0 Å². The van der Waals surface area contributed by atoms with E-state index in [9.17, 15) is 0 Å². The Bertz CT molecular complexity index is 2280. The SMILES string of the molecule is c1ccc(-c2ccc(-n3c4ccccc4c4ccc5c6ccccc6n(-c6ccc(-c7ccccc7)nc6)c5c43)cn2)cc1. The molecule has 0 aliphatic carbocycles. The first-order chi connectivity index (χ1) is 21.8. The van der Waals surface area contributed by atoms with Gasteiger partial charge in [-0.3, -0.25) is 9.97 Å². The second kappa shape index (κ2) is 9.79. The molecule has 4 heterocycles. The first kappa shape index (κ1) is 24.6. The van der Waals surface area contributed by atoms with Crippen molar-refractivity contribution >= 4 is 43.6 Å². The number of pyridine rings is 2. The number of nitrogens with zero attached hydrogens (tertiary/aromatic N) is 4. The first-order valence-electron chi connectivity index (χ1n) is 14.8. The summed E-state index contributed by atoms with van der Waals surface area (Å²) in [5.41, 5.74) is 10.8. The molecule has 5 aromatic carbocycles. The van der Waals surface area contributed by atoms with Gasteiger partial charge in [0, 0.05) is 32.7 Å². The molecule has 4 heteroatoms. The molecule has 4 nitrogen and oxygen atoms in total. The first-order valence-corrected chi connectivity index (χ1v) is 14.8. The van der Waals surface area contributed by atoms with Crippen LogP contribution < -0.4 is 0 Å². The van der Waals surface area contributed by atoms with Crippen molar-refractivity contribution in [2.24, 2.45) is 0 Å². The van der Waals surface area contributed by atoms with Crippen LogP contribution in [0.2, 0.25) is 0 Å². The van der Waals surface area contributed by atoms with Crippen LogP contribution >= 0.6 is 0 Å². The molecule has 0 fully saturated rings. The number of hydrogen-bond acceptors (Lipinski definition) is 2. The summed E-state index contributed by atoms with van der Waals surface area (Å²) in [5.74, 6) is 0. The van der Waals surface area contributed by atoms with E-state index in [1.54, 1.807) is 0 Å². The van der Waals surface area contributed by atoms with Gasteiger partial charge < -0.3 is 9.13 Å². The maximum Gasteiger partial charge on any atom is 0.0789 e. The van der Waals surface area contributed by atoms with Gasteiger partial charge in [0.05, 0.1) is 57.2 Å². The average molecular weight is 563 g/mol. The standard InChI is InChI=1S/C40H26N4/c1-3-11-27(12-4-1)35-23-19-29(25-41-35)43-37-17-9-7-15-31(37)33-21-22-34-32-16-8-10-18-38(32)44(40(34)39(33)43)30-20-24-36(42-26-30)28-13-5-2-6-14-28/h1-26H. The minimum Gasteiger partial charge on any atom is -0.306 e. The Hall–Kier alpha value is -6.00. The highest BCUT2D eigenvalue weighted by Crippen LogP contribution is 2.41. The van der Waals surface area contributed by atoms with Gasteiger partial charge in [-0.05, 0) is 36.4 Å². The van der Waals surface area contributed by atoms with Crippen LogP contribution in [0.5, 0.6) is 0 Å². The van der Waals surface area contributed by atoms with Crippen LogP contribution in [0.4, 0.5) is 0 Å². The van der Waals surface area contributed by atoms with Crippen molar-refractivity contribution in [1.82, 2.24) is 19.1 Å². The fourth-order valence-electron chi connectivity index (χ4n) is 6.63. The summed E-state index contributed by atoms with van der Waals surface area (Å²) in [4.78, 5) is 9.85. The van der Waals surface area contributed by atoms with Crippen LogP contribution in [0, 0.1) is 0 Å². The molecule has 0 N–H and O–H groups in total. The van der Waals surface area contributed by atoms with Crippen molar-refractivity contribution in [2.45, 2.75) is 0 Å². The summed E-state index contributed by atoms with van der Waals surface area (Å²) in [6.45, 7) is 0. The lowest BCUT2D eigenvalue weighted by Gasteiger charge is -2.13. The quantitative estimate of drug-likeness (QED) is 0.214. The number of fused-ring (bicyclic) bond motifs is 7. The monoisotopic (exact) mass is 562 g/mol. The molecule has 9 aromatic rings. The van der Waals surface area contributed by atoms with E-state index in [-0.39, 0.29) is 0 Å². The maximum absolute atomic E-state index is 4.92. The smallest absolute Gasteiger partial charge is 0.0789 e. The maximum atomic E-state index is 4.92. The van der Waals surface area contributed by atoms with E-state index in [2.05, 4.69) is 143 Å². The van der Waals surface area contributed by atoms with Crippen molar-refractivity contribution in [1.29, 1.82) is 0 Å². The molecule has 0 atom stereocenters. The number of para-hydroxylation sites is 2. The Morgan fingerprint density at radius 3 is 1.16 bits per heavy atom. The van der Waals surface area contributed by atoms with E-state index >= 15 is 0 Å². The second-order valence-corrected chi connectivity index (χ2v) is 11.1. The highest BCUT2D eigenvalue weighted by atomic mass is 15.1. The van der Waals surface area contributed by atoms with Gasteiger partial charge in [0.15, 0.2) is 0 Å². The van der Waals surface area contributed by atoms with Crippen LogP contribution in [0.15, 0.2) is 158 Å². The predicted octanol–water partition coefficient (Wildman–Crippen LogP) is 10.0. The van der Waals surface area contributed by atoms with E-state index in [0.29, 0.717) is 0 Å². The molecule has 0 radical (unpaired) electrons. The highest BCUT2D eigenvalue weighted by molar-refractivity contribution is 6.23. The third-order valence-electron chi connectivity index (χ3n) is 8.62. The topological polar surface area (TPSA) is 35.6 Å². The van der Waals surface area contributed by atoms with Crippen molar-refractivity contribution in [3.05, 3.63) is 158 Å². The molecule has 0 bridgehead atoms. The van der Waals surface area contributed by atoms with E-state index in [0.717, 1.165) is 56.0 Å². The summed E-state index contributed by atoms with van der Waals surface area (Å²) < 4.78 is 4.74. The van der Waals surface area contributed by atoms with Gasteiger partial charge in [-0.2, -0.15) is 0 Å². The molecule has 44 heavy (non-hydrogen) atoms. The molecule has 0 amide bonds. The van der Waals surface area contributed by atoms with E-state index < -0.39 is 0 Å². The van der Waals surface area contributed by atoms with Crippen molar-refractivity contribution in [2.75, 3.05) is 0 Å². The Labute approximate surface area is 254 Å². The molecular weight excluding hydrogens is 536 g/mol. The molecule has 4 aromatic heterocycles. The van der Waals surface area contributed by atoms with E-state index in [4.69, 9.17) is 9.97 Å². The van der Waals surface area contributed by atoms with Crippen LogP contribution in [0.1, 0.15) is 0 Å². The summed E-state index contributed by atoms with van der Waals surface area (Å²) in [7, 11) is 0. The van der Waals surface area contributed by atoms with E-state index in [1.165, 1.54) is 21.5 Å². The Morgan fingerprint density at radius 2 is 0.750 bits per heavy atom. The largest absolute Gasteiger partial charge is 0.306 e. The second-order valence-electron chi connectivity index (χ2n) is 11.1. The molecule has 0 aliphatic heterocycles. The van der Waals surface area contributed by atoms with Crippen LogP contribution in [0.25, 0.3) is 77.5 Å². The van der Waals surface area contributed by atoms with Gasteiger partial charge in [0.2, 0.25) is 0 Å². The highest BCUT2D eigenvalue weighted by Gasteiger charge is 2.21. The predicted molar refractivity (Wildman–Crippen MR) is 182 cm³/mol. The molecule has 0 unspecified atom stereocenters. The Morgan fingerprint density at radius 1 is 0.341 bits per heavy atom. The van der Waals surface area contributed by atoms with Crippen molar-refractivity contribution < 1.29 is 0 Å². The zero-order valence-electron chi connectivity index (χ0n) is 23.8. The van der Waals surface area contributed by atoms with Gasteiger partial charge in [0.25, 0.3) is 0 Å². The van der Waals surface area contributed by atoms with E-state index in [1.807, 2.05) is 24.5 Å². The zero-order valence-corrected chi connectivity index (χ0v) is 23.8. The molecule has 0 saturated carbocycles. The van der Waals surface area contributed by atoms with Crippen molar-refractivity contribution in [3.63, 3.8) is 0 Å². The van der Waals surface area contributed by atoms with Gasteiger partial charge in [-0.25, -0.2) is 0 Å². The van der Waals surface area contributed by atoms with Crippen LogP contribution in [-0.2, 0) is 0 Å². The third kappa shape index (κ3) is 3.71. The number of aromatic nitrogens is 4. The Kier molecular flexibility index (Phi) is 5.47. The molecule has 9 rings (SSSR count). The lowest BCUT2D eigenvalue weighted by molar-refractivity contribution is 1.12. The normalized spacial score (nSPS) is 11.6. The van der Waals surface area contributed by atoms with Crippen LogP contribution in [-0.4, -0.2) is 19.1 Å². The zero-order chi connectivity index (χ0) is 29.0. The molecule has 206 valence electrons. The number of hydrogen-bond donors (Lipinski definition) is 0. The Balaban J connectivity index is 1.35. The fourth-order valence-corrected chi connectivity index (χ4v) is 6.63. The summed E-state index contributed by atoms with van der Waals surface area (Å²) in [6.07, 6.45) is 3.99. The molecule has 0 spiro atoms. The summed E-state index contributed by atoms with van der Waals surface area (Å²) in [5, 5.41) is 4.84. The molecular formula is C40H26N4. The minimum atomic E-state index is 0.957. The molecule has 0 saturated heterocycles. The van der Waals surface area contributed by atoms with Gasteiger partial charge >= 0.3 is 0 Å². The van der Waals surface area contributed by atoms with Gasteiger partial charge in [-0.15, -0.1) is 0 Å². The lowest BCUT2D eigenvalue weighted by atomic mass is 10.1. The van der Waals surface area contributed by atoms with Gasteiger partial charge in [-0.1, -0.05) is 109 Å². The molecule has 0 aliphatic rings. The number of rotatable bonds is 4. The van der Waals surface area contributed by atoms with Crippen molar-refractivity contribution in [3.8, 4) is 33.9 Å². The fraction of sp³-hybridized carbons (Fsp3) is 0.